The summed E-state index contributed by atoms with van der Waals surface area (Å²) in [7, 11) is 0. The number of benzene rings is 1. The third-order valence-corrected chi connectivity index (χ3v) is 3.91. The molecular weight excluding hydrogens is 293 g/mol. The first-order valence-corrected chi connectivity index (χ1v) is 6.52. The molecule has 3 nitrogen and oxygen atoms in total. The minimum absolute atomic E-state index is 0.482. The molecule has 1 aromatic carbocycles. The van der Waals surface area contributed by atoms with E-state index in [1.165, 1.54) is 0 Å². The first-order chi connectivity index (χ1) is 8.50. The van der Waals surface area contributed by atoms with Gasteiger partial charge in [-0.1, -0.05) is 34.8 Å². The van der Waals surface area contributed by atoms with Crippen LogP contribution in [0.4, 0.5) is 5.69 Å². The van der Waals surface area contributed by atoms with E-state index in [9.17, 15) is 0 Å². The SMILES string of the molecule is Cc1n[nH]c(C)c1NCc1c(Cl)ccc(Cl)c1Cl. The summed E-state index contributed by atoms with van der Waals surface area (Å²) in [5.74, 6) is 0. The van der Waals surface area contributed by atoms with Crippen LogP contribution in [0.15, 0.2) is 12.1 Å². The second-order valence-corrected chi connectivity index (χ2v) is 5.18. The average molecular weight is 305 g/mol. The van der Waals surface area contributed by atoms with Crippen LogP contribution in [-0.2, 0) is 6.54 Å². The van der Waals surface area contributed by atoms with Gasteiger partial charge in [0.1, 0.15) is 0 Å². The van der Waals surface area contributed by atoms with E-state index in [2.05, 4.69) is 15.5 Å². The molecule has 0 saturated carbocycles. The van der Waals surface area contributed by atoms with Gasteiger partial charge in [0.05, 0.1) is 27.1 Å². The van der Waals surface area contributed by atoms with Crippen LogP contribution in [0.3, 0.4) is 0 Å². The maximum Gasteiger partial charge on any atom is 0.0825 e. The number of H-pyrrole nitrogens is 1. The van der Waals surface area contributed by atoms with Crippen molar-refractivity contribution in [3.05, 3.63) is 44.2 Å². The Hall–Kier alpha value is -0.900. The highest BCUT2D eigenvalue weighted by Gasteiger charge is 2.11. The van der Waals surface area contributed by atoms with Crippen LogP contribution >= 0.6 is 34.8 Å². The number of aryl methyl sites for hydroxylation is 2. The number of aromatic nitrogens is 2. The van der Waals surface area contributed by atoms with Gasteiger partial charge in [0.15, 0.2) is 0 Å². The normalized spacial score (nSPS) is 10.7. The van der Waals surface area contributed by atoms with E-state index in [0.29, 0.717) is 21.6 Å². The number of aromatic amines is 1. The number of halogens is 3. The first-order valence-electron chi connectivity index (χ1n) is 5.38. The molecule has 1 heterocycles. The molecule has 0 amide bonds. The van der Waals surface area contributed by atoms with Gasteiger partial charge in [0, 0.05) is 17.1 Å². The monoisotopic (exact) mass is 303 g/mol. The van der Waals surface area contributed by atoms with Crippen LogP contribution in [0.1, 0.15) is 17.0 Å². The van der Waals surface area contributed by atoms with E-state index < -0.39 is 0 Å². The van der Waals surface area contributed by atoms with Crippen molar-refractivity contribution in [2.45, 2.75) is 20.4 Å². The molecule has 0 aliphatic carbocycles. The number of hydrogen-bond acceptors (Lipinski definition) is 2. The Balaban J connectivity index is 2.24. The smallest absolute Gasteiger partial charge is 0.0825 e. The van der Waals surface area contributed by atoms with Crippen molar-refractivity contribution < 1.29 is 0 Å². The van der Waals surface area contributed by atoms with Gasteiger partial charge in [-0.25, -0.2) is 0 Å². The predicted octanol–water partition coefficient (Wildman–Crippen LogP) is 4.60. The van der Waals surface area contributed by atoms with Crippen LogP contribution in [-0.4, -0.2) is 10.2 Å². The van der Waals surface area contributed by atoms with E-state index in [1.54, 1.807) is 12.1 Å². The molecule has 96 valence electrons. The summed E-state index contributed by atoms with van der Waals surface area (Å²) in [4.78, 5) is 0. The number of hydrogen-bond donors (Lipinski definition) is 2. The summed E-state index contributed by atoms with van der Waals surface area (Å²) in [6.45, 7) is 4.37. The third kappa shape index (κ3) is 2.58. The summed E-state index contributed by atoms with van der Waals surface area (Å²) in [5.41, 5.74) is 3.62. The van der Waals surface area contributed by atoms with Crippen LogP contribution < -0.4 is 5.32 Å². The zero-order valence-corrected chi connectivity index (χ0v) is 12.2. The minimum Gasteiger partial charge on any atom is -0.378 e. The van der Waals surface area contributed by atoms with Crippen molar-refractivity contribution in [1.29, 1.82) is 0 Å². The molecule has 0 aliphatic rings. The van der Waals surface area contributed by atoms with Crippen LogP contribution in [0.2, 0.25) is 15.1 Å². The van der Waals surface area contributed by atoms with Crippen molar-refractivity contribution in [2.75, 3.05) is 5.32 Å². The van der Waals surface area contributed by atoms with Crippen LogP contribution in [0.5, 0.6) is 0 Å². The summed E-state index contributed by atoms with van der Waals surface area (Å²) in [5, 5.41) is 11.9. The van der Waals surface area contributed by atoms with E-state index in [4.69, 9.17) is 34.8 Å². The lowest BCUT2D eigenvalue weighted by atomic mass is 10.2. The summed E-state index contributed by atoms with van der Waals surface area (Å²) < 4.78 is 0. The highest BCUT2D eigenvalue weighted by Crippen LogP contribution is 2.32. The number of anilines is 1. The van der Waals surface area contributed by atoms with Gasteiger partial charge >= 0.3 is 0 Å². The molecule has 2 aromatic rings. The fourth-order valence-electron chi connectivity index (χ4n) is 1.72. The minimum atomic E-state index is 0.482. The maximum atomic E-state index is 6.14. The topological polar surface area (TPSA) is 40.7 Å². The molecule has 0 fully saturated rings. The lowest BCUT2D eigenvalue weighted by molar-refractivity contribution is 1.02. The van der Waals surface area contributed by atoms with Gasteiger partial charge in [-0.2, -0.15) is 5.10 Å². The molecule has 0 atom stereocenters. The maximum absolute atomic E-state index is 6.14. The average Bonchev–Trinajstić information content (AvgIpc) is 2.65. The van der Waals surface area contributed by atoms with Gasteiger partial charge in [-0.05, 0) is 26.0 Å². The number of nitrogens with zero attached hydrogens (tertiary/aromatic N) is 1. The Bertz CT molecular complexity index is 559. The molecule has 1 aromatic heterocycles. The fourth-order valence-corrected chi connectivity index (χ4v) is 2.40. The molecule has 2 rings (SSSR count). The van der Waals surface area contributed by atoms with Gasteiger partial charge in [0.25, 0.3) is 0 Å². The summed E-state index contributed by atoms with van der Waals surface area (Å²) in [6.07, 6.45) is 0. The van der Waals surface area contributed by atoms with E-state index >= 15 is 0 Å². The summed E-state index contributed by atoms with van der Waals surface area (Å²) in [6, 6.07) is 3.42. The van der Waals surface area contributed by atoms with Crippen LogP contribution in [0.25, 0.3) is 0 Å². The molecule has 0 spiro atoms. The zero-order valence-electron chi connectivity index (χ0n) is 9.94. The number of nitrogens with one attached hydrogen (secondary N) is 2. The molecule has 18 heavy (non-hydrogen) atoms. The Kier molecular flexibility index (Phi) is 4.05. The van der Waals surface area contributed by atoms with Gasteiger partial charge in [-0.15, -0.1) is 0 Å². The summed E-state index contributed by atoms with van der Waals surface area (Å²) >= 11 is 18.2. The van der Waals surface area contributed by atoms with E-state index in [1.807, 2.05) is 13.8 Å². The van der Waals surface area contributed by atoms with Crippen molar-refractivity contribution in [3.8, 4) is 0 Å². The molecule has 0 saturated heterocycles. The fraction of sp³-hybridized carbons (Fsp3) is 0.250. The molecule has 0 unspecified atom stereocenters. The molecule has 6 heteroatoms. The molecular formula is C12H12Cl3N3. The second-order valence-electron chi connectivity index (χ2n) is 3.98. The van der Waals surface area contributed by atoms with Crippen molar-refractivity contribution >= 4 is 40.5 Å². The quantitative estimate of drug-likeness (QED) is 0.814. The molecule has 0 bridgehead atoms. The Morgan fingerprint density at radius 1 is 1.17 bits per heavy atom. The largest absolute Gasteiger partial charge is 0.378 e. The zero-order chi connectivity index (χ0) is 13.3. The first kappa shape index (κ1) is 13.5. The standard InChI is InChI=1S/C12H12Cl3N3/c1-6-12(7(2)18-17-6)16-5-8-9(13)3-4-10(14)11(8)15/h3-4,16H,5H2,1-2H3,(H,17,18). The molecule has 0 aliphatic heterocycles. The Morgan fingerprint density at radius 2 is 1.83 bits per heavy atom. The molecule has 2 N–H and O–H groups in total. The van der Waals surface area contributed by atoms with Gasteiger partial charge in [0.2, 0.25) is 0 Å². The van der Waals surface area contributed by atoms with Crippen LogP contribution in [0, 0.1) is 13.8 Å². The number of rotatable bonds is 3. The van der Waals surface area contributed by atoms with Gasteiger partial charge in [-0.3, -0.25) is 5.10 Å². The third-order valence-electron chi connectivity index (χ3n) is 2.71. The Morgan fingerprint density at radius 3 is 2.44 bits per heavy atom. The lowest BCUT2D eigenvalue weighted by Crippen LogP contribution is -2.02. The van der Waals surface area contributed by atoms with Crippen molar-refractivity contribution in [2.24, 2.45) is 0 Å². The predicted molar refractivity (Wildman–Crippen MR) is 76.9 cm³/mol. The second kappa shape index (κ2) is 5.39. The van der Waals surface area contributed by atoms with E-state index in [0.717, 1.165) is 22.6 Å². The lowest BCUT2D eigenvalue weighted by Gasteiger charge is -2.11. The highest BCUT2D eigenvalue weighted by molar-refractivity contribution is 6.44. The van der Waals surface area contributed by atoms with Crippen molar-refractivity contribution in [1.82, 2.24) is 10.2 Å². The van der Waals surface area contributed by atoms with E-state index in [-0.39, 0.29) is 0 Å². The Labute approximate surface area is 120 Å². The van der Waals surface area contributed by atoms with Gasteiger partial charge < -0.3 is 5.32 Å². The molecule has 0 radical (unpaired) electrons. The van der Waals surface area contributed by atoms with Crippen molar-refractivity contribution in [3.63, 3.8) is 0 Å². The highest BCUT2D eigenvalue weighted by atomic mass is 35.5.